The molecule has 0 radical (unpaired) electrons. The number of fused-ring (bicyclic) bond motifs is 1. The molecule has 0 aliphatic carbocycles. The normalized spacial score (nSPS) is 18.0. The van der Waals surface area contributed by atoms with Crippen molar-refractivity contribution in [1.82, 2.24) is 14.9 Å². The van der Waals surface area contributed by atoms with E-state index < -0.39 is 0 Å². The quantitative estimate of drug-likeness (QED) is 0.911. The highest BCUT2D eigenvalue weighted by Gasteiger charge is 2.23. The minimum absolute atomic E-state index is 0.0601. The highest BCUT2D eigenvalue weighted by molar-refractivity contribution is 5.92. The van der Waals surface area contributed by atoms with Gasteiger partial charge in [-0.15, -0.1) is 0 Å². The topological polar surface area (TPSA) is 46.9 Å². The number of aryl methyl sites for hydroxylation is 2. The standard InChI is InChI=1S/C20H27N3O/c1-4-14(3)21-20(24)18-13-23-12-17(10-11-19(23)22-18)16-8-6-15(5-2)7-9-16/h6-9,13-14,17H,4-5,10-12H2,1-3H3,(H,21,24). The summed E-state index contributed by atoms with van der Waals surface area (Å²) in [5.74, 6) is 1.48. The van der Waals surface area contributed by atoms with Crippen molar-refractivity contribution < 1.29 is 4.79 Å². The van der Waals surface area contributed by atoms with Gasteiger partial charge in [-0.1, -0.05) is 38.1 Å². The average Bonchev–Trinajstić information content (AvgIpc) is 3.05. The highest BCUT2D eigenvalue weighted by Crippen LogP contribution is 2.29. The Kier molecular flexibility index (Phi) is 5.03. The lowest BCUT2D eigenvalue weighted by atomic mass is 9.91. The van der Waals surface area contributed by atoms with Gasteiger partial charge in [0, 0.05) is 31.1 Å². The summed E-state index contributed by atoms with van der Waals surface area (Å²) in [7, 11) is 0. The fraction of sp³-hybridized carbons (Fsp3) is 0.500. The lowest BCUT2D eigenvalue weighted by molar-refractivity contribution is 0.0934. The van der Waals surface area contributed by atoms with E-state index in [0.29, 0.717) is 11.6 Å². The number of amides is 1. The van der Waals surface area contributed by atoms with Gasteiger partial charge < -0.3 is 9.88 Å². The molecule has 4 heteroatoms. The first-order chi connectivity index (χ1) is 11.6. The van der Waals surface area contributed by atoms with Crippen LogP contribution in [-0.2, 0) is 19.4 Å². The van der Waals surface area contributed by atoms with Gasteiger partial charge in [-0.3, -0.25) is 4.79 Å². The Morgan fingerprint density at radius 3 is 2.75 bits per heavy atom. The number of benzene rings is 1. The summed E-state index contributed by atoms with van der Waals surface area (Å²) in [4.78, 5) is 16.8. The number of nitrogens with one attached hydrogen (secondary N) is 1. The molecule has 2 atom stereocenters. The maximum Gasteiger partial charge on any atom is 0.271 e. The van der Waals surface area contributed by atoms with Crippen molar-refractivity contribution in [3.8, 4) is 0 Å². The van der Waals surface area contributed by atoms with Crippen LogP contribution in [0.3, 0.4) is 0 Å². The van der Waals surface area contributed by atoms with Crippen LogP contribution in [0.1, 0.15) is 67.0 Å². The number of carbonyl (C=O) groups excluding carboxylic acids is 1. The minimum atomic E-state index is -0.0601. The monoisotopic (exact) mass is 325 g/mol. The van der Waals surface area contributed by atoms with Crippen molar-refractivity contribution >= 4 is 5.91 Å². The van der Waals surface area contributed by atoms with E-state index in [9.17, 15) is 4.79 Å². The molecular weight excluding hydrogens is 298 g/mol. The first kappa shape index (κ1) is 16.7. The second-order valence-corrected chi connectivity index (χ2v) is 6.81. The van der Waals surface area contributed by atoms with Gasteiger partial charge in [-0.25, -0.2) is 4.98 Å². The SMILES string of the molecule is CCc1ccc(C2CCc3nc(C(=O)NC(C)CC)cn3C2)cc1. The first-order valence-corrected chi connectivity index (χ1v) is 9.06. The number of rotatable bonds is 5. The fourth-order valence-electron chi connectivity index (χ4n) is 3.25. The molecular formula is C20H27N3O. The molecule has 0 fully saturated rings. The summed E-state index contributed by atoms with van der Waals surface area (Å²) >= 11 is 0. The van der Waals surface area contributed by atoms with Gasteiger partial charge >= 0.3 is 0 Å². The van der Waals surface area contributed by atoms with Crippen molar-refractivity contribution in [2.75, 3.05) is 0 Å². The van der Waals surface area contributed by atoms with Crippen molar-refractivity contribution in [3.63, 3.8) is 0 Å². The molecule has 1 aromatic carbocycles. The van der Waals surface area contributed by atoms with E-state index in [0.717, 1.165) is 38.1 Å². The Hall–Kier alpha value is -2.10. The van der Waals surface area contributed by atoms with Gasteiger partial charge in [0.15, 0.2) is 0 Å². The molecule has 2 aromatic rings. The number of hydrogen-bond donors (Lipinski definition) is 1. The molecule has 1 N–H and O–H groups in total. The lowest BCUT2D eigenvalue weighted by Crippen LogP contribution is -2.32. The average molecular weight is 325 g/mol. The highest BCUT2D eigenvalue weighted by atomic mass is 16.2. The van der Waals surface area contributed by atoms with Crippen LogP contribution in [0.15, 0.2) is 30.5 Å². The molecule has 3 rings (SSSR count). The Labute approximate surface area is 144 Å². The molecule has 0 spiro atoms. The molecule has 1 aliphatic heterocycles. The van der Waals surface area contributed by atoms with Gasteiger partial charge in [0.1, 0.15) is 11.5 Å². The number of nitrogens with zero attached hydrogens (tertiary/aromatic N) is 2. The number of imidazole rings is 1. The molecule has 24 heavy (non-hydrogen) atoms. The smallest absolute Gasteiger partial charge is 0.271 e. The van der Waals surface area contributed by atoms with Crippen molar-refractivity contribution in [3.05, 3.63) is 53.1 Å². The molecule has 0 bridgehead atoms. The van der Waals surface area contributed by atoms with E-state index in [4.69, 9.17) is 0 Å². The summed E-state index contributed by atoms with van der Waals surface area (Å²) < 4.78 is 2.16. The van der Waals surface area contributed by atoms with Crippen molar-refractivity contribution in [2.45, 2.75) is 65.0 Å². The van der Waals surface area contributed by atoms with E-state index in [1.54, 1.807) is 0 Å². The van der Waals surface area contributed by atoms with E-state index in [1.807, 2.05) is 13.1 Å². The summed E-state index contributed by atoms with van der Waals surface area (Å²) in [5.41, 5.74) is 3.31. The molecule has 1 aromatic heterocycles. The van der Waals surface area contributed by atoms with Crippen LogP contribution >= 0.6 is 0 Å². The molecule has 1 amide bonds. The summed E-state index contributed by atoms with van der Waals surface area (Å²) in [6.45, 7) is 7.17. The summed E-state index contributed by atoms with van der Waals surface area (Å²) in [6, 6.07) is 9.14. The molecule has 0 saturated carbocycles. The summed E-state index contributed by atoms with van der Waals surface area (Å²) in [5, 5.41) is 3.00. The van der Waals surface area contributed by atoms with Gasteiger partial charge in [-0.05, 0) is 37.3 Å². The van der Waals surface area contributed by atoms with Crippen LogP contribution in [-0.4, -0.2) is 21.5 Å². The van der Waals surface area contributed by atoms with E-state index in [1.165, 1.54) is 11.1 Å². The zero-order valence-electron chi connectivity index (χ0n) is 14.9. The molecule has 1 aliphatic rings. The van der Waals surface area contributed by atoms with Gasteiger partial charge in [0.25, 0.3) is 5.91 Å². The maximum absolute atomic E-state index is 12.3. The van der Waals surface area contributed by atoms with Crippen molar-refractivity contribution in [2.24, 2.45) is 0 Å². The number of hydrogen-bond acceptors (Lipinski definition) is 2. The van der Waals surface area contributed by atoms with Gasteiger partial charge in [0.2, 0.25) is 0 Å². The first-order valence-electron chi connectivity index (χ1n) is 9.06. The molecule has 4 nitrogen and oxygen atoms in total. The Balaban J connectivity index is 1.72. The van der Waals surface area contributed by atoms with Crippen LogP contribution < -0.4 is 5.32 Å². The Morgan fingerprint density at radius 1 is 1.33 bits per heavy atom. The van der Waals surface area contributed by atoms with E-state index in [2.05, 4.69) is 53.0 Å². The van der Waals surface area contributed by atoms with Gasteiger partial charge in [0.05, 0.1) is 0 Å². The number of aromatic nitrogens is 2. The molecule has 2 unspecified atom stereocenters. The third-order valence-electron chi connectivity index (χ3n) is 5.07. The van der Waals surface area contributed by atoms with Crippen LogP contribution in [0.25, 0.3) is 0 Å². The van der Waals surface area contributed by atoms with Crippen molar-refractivity contribution in [1.29, 1.82) is 0 Å². The second-order valence-electron chi connectivity index (χ2n) is 6.81. The largest absolute Gasteiger partial charge is 0.348 e. The Bertz CT molecular complexity index is 702. The fourth-order valence-corrected chi connectivity index (χ4v) is 3.25. The molecule has 2 heterocycles. The zero-order valence-corrected chi connectivity index (χ0v) is 14.9. The van der Waals surface area contributed by atoms with Crippen LogP contribution in [0.4, 0.5) is 0 Å². The summed E-state index contributed by atoms with van der Waals surface area (Å²) in [6.07, 6.45) is 5.94. The Morgan fingerprint density at radius 2 is 2.08 bits per heavy atom. The predicted octanol–water partition coefficient (Wildman–Crippen LogP) is 3.70. The van der Waals surface area contributed by atoms with Crippen LogP contribution in [0, 0.1) is 0 Å². The zero-order chi connectivity index (χ0) is 17.1. The van der Waals surface area contributed by atoms with E-state index in [-0.39, 0.29) is 11.9 Å². The predicted molar refractivity (Wildman–Crippen MR) is 96.3 cm³/mol. The van der Waals surface area contributed by atoms with E-state index >= 15 is 0 Å². The minimum Gasteiger partial charge on any atom is -0.348 e. The molecule has 128 valence electrons. The second kappa shape index (κ2) is 7.20. The third kappa shape index (κ3) is 3.53. The van der Waals surface area contributed by atoms with Gasteiger partial charge in [-0.2, -0.15) is 0 Å². The lowest BCUT2D eigenvalue weighted by Gasteiger charge is -2.24. The maximum atomic E-state index is 12.3. The molecule has 0 saturated heterocycles. The number of carbonyl (C=O) groups is 1. The van der Waals surface area contributed by atoms with Crippen LogP contribution in [0.5, 0.6) is 0 Å². The van der Waals surface area contributed by atoms with Crippen LogP contribution in [0.2, 0.25) is 0 Å². The third-order valence-corrected chi connectivity index (χ3v) is 5.07.